The van der Waals surface area contributed by atoms with Crippen molar-refractivity contribution in [3.8, 4) is 0 Å². The molecule has 4 N–H and O–H groups in total. The Hall–Kier alpha value is 0.320. The Morgan fingerprint density at radius 1 is 1.11 bits per heavy atom. The van der Waals surface area contributed by atoms with Crippen LogP contribution >= 0.6 is 0 Å². The van der Waals surface area contributed by atoms with Crippen molar-refractivity contribution in [1.82, 2.24) is 0 Å². The van der Waals surface area contributed by atoms with Gasteiger partial charge >= 0.3 is 0 Å². The molecule has 10 heteroatoms. The van der Waals surface area contributed by atoms with Gasteiger partial charge in [-0.15, -0.1) is 10.2 Å². The fraction of sp³-hybridized carbons (Fsp3) is 1.00. The van der Waals surface area contributed by atoms with Crippen molar-refractivity contribution in [1.29, 1.82) is 0 Å². The third kappa shape index (κ3) is 7.04. The standard InChI is InChI=1S/C8H17O4S.ClHO4/c1-13-4-5(10)7(11)8(12)6(13)2-3-9;2-1(3,4)5/h5-12H,2-4H2,1H3;(H,2,3,4,5)/q+1;/p-1/t5-,6+,7-,8+,13?;/m1./s1. The summed E-state index contributed by atoms with van der Waals surface area (Å²) in [5.41, 5.74) is 0. The molecular formula is C8H17ClO8S. The lowest BCUT2D eigenvalue weighted by Gasteiger charge is -2.33. The largest absolute Gasteiger partial charge is 0.396 e. The predicted octanol–water partition coefficient (Wildman–Crippen LogP) is -6.67. The third-order valence-electron chi connectivity index (χ3n) is 2.49. The van der Waals surface area contributed by atoms with Crippen LogP contribution in [0.5, 0.6) is 0 Å². The molecule has 0 aromatic rings. The molecule has 1 aliphatic heterocycles. The molecule has 0 radical (unpaired) electrons. The van der Waals surface area contributed by atoms with Crippen LogP contribution in [0.1, 0.15) is 6.42 Å². The van der Waals surface area contributed by atoms with Crippen LogP contribution in [0.2, 0.25) is 0 Å². The summed E-state index contributed by atoms with van der Waals surface area (Å²) in [6, 6.07) is 0. The molecule has 110 valence electrons. The minimum atomic E-state index is -4.94. The Morgan fingerprint density at radius 2 is 1.56 bits per heavy atom. The number of aliphatic hydroxyl groups is 4. The zero-order chi connectivity index (χ0) is 14.5. The van der Waals surface area contributed by atoms with E-state index in [1.807, 2.05) is 6.26 Å². The van der Waals surface area contributed by atoms with E-state index in [4.69, 9.17) is 23.7 Å². The first-order valence-electron chi connectivity index (χ1n) is 4.96. The van der Waals surface area contributed by atoms with Crippen LogP contribution in [0.15, 0.2) is 0 Å². The molecule has 1 saturated heterocycles. The molecule has 5 atom stereocenters. The summed E-state index contributed by atoms with van der Waals surface area (Å²) in [5.74, 6) is 0.517. The van der Waals surface area contributed by atoms with E-state index in [-0.39, 0.29) is 22.8 Å². The first-order valence-corrected chi connectivity index (χ1v) is 8.06. The molecular weight excluding hydrogens is 292 g/mol. The molecule has 0 saturated carbocycles. The summed E-state index contributed by atoms with van der Waals surface area (Å²) in [4.78, 5) is 0. The van der Waals surface area contributed by atoms with E-state index >= 15 is 0 Å². The Labute approximate surface area is 109 Å². The summed E-state index contributed by atoms with van der Waals surface area (Å²) in [7, 11) is -5.07. The number of hydrogen-bond acceptors (Lipinski definition) is 8. The molecule has 1 rings (SSSR count). The van der Waals surface area contributed by atoms with Crippen molar-refractivity contribution in [3.63, 3.8) is 0 Å². The maximum absolute atomic E-state index is 9.60. The SMILES string of the molecule is C[S+]1C[C@@H](O)[C@@H](O)[C@@H](O)[C@@H]1CCO.[O-][Cl+3]([O-])([O-])[O-]. The summed E-state index contributed by atoms with van der Waals surface area (Å²) >= 11 is 0. The summed E-state index contributed by atoms with van der Waals surface area (Å²) in [6.07, 6.45) is -0.341. The average molecular weight is 309 g/mol. The van der Waals surface area contributed by atoms with Gasteiger partial charge in [-0.25, -0.2) is 18.6 Å². The Morgan fingerprint density at radius 3 is 1.94 bits per heavy atom. The summed E-state index contributed by atoms with van der Waals surface area (Å²) in [5, 5.41) is 37.0. The zero-order valence-corrected chi connectivity index (χ0v) is 11.2. The van der Waals surface area contributed by atoms with Gasteiger partial charge in [0.2, 0.25) is 0 Å². The number of aliphatic hydroxyl groups excluding tert-OH is 4. The summed E-state index contributed by atoms with van der Waals surface area (Å²) in [6.45, 7) is 0.0158. The Bertz CT molecular complexity index is 232. The minimum absolute atomic E-state index is 0.0158. The quantitative estimate of drug-likeness (QED) is 0.364. The number of halogens is 1. The van der Waals surface area contributed by atoms with Crippen molar-refractivity contribution in [3.05, 3.63) is 0 Å². The molecule has 0 bridgehead atoms. The van der Waals surface area contributed by atoms with Crippen LogP contribution in [0.3, 0.4) is 0 Å². The maximum Gasteiger partial charge on any atom is 0.148 e. The Balaban J connectivity index is 0.000000494. The highest BCUT2D eigenvalue weighted by Gasteiger charge is 2.46. The van der Waals surface area contributed by atoms with Crippen LogP contribution in [0.4, 0.5) is 0 Å². The zero-order valence-electron chi connectivity index (χ0n) is 9.64. The maximum atomic E-state index is 9.60. The first kappa shape index (κ1) is 18.3. The minimum Gasteiger partial charge on any atom is -0.396 e. The first-order chi connectivity index (χ1) is 8.07. The van der Waals surface area contributed by atoms with E-state index in [0.29, 0.717) is 12.2 Å². The molecule has 0 amide bonds. The lowest BCUT2D eigenvalue weighted by molar-refractivity contribution is -2.00. The number of rotatable bonds is 2. The third-order valence-corrected chi connectivity index (χ3v) is 4.90. The second kappa shape index (κ2) is 7.80. The monoisotopic (exact) mass is 308 g/mol. The van der Waals surface area contributed by atoms with Crippen LogP contribution in [-0.2, 0) is 10.9 Å². The van der Waals surface area contributed by atoms with E-state index in [9.17, 15) is 15.3 Å². The molecule has 0 aliphatic carbocycles. The highest BCUT2D eigenvalue weighted by Crippen LogP contribution is 2.23. The van der Waals surface area contributed by atoms with Gasteiger partial charge < -0.3 is 20.4 Å². The molecule has 1 unspecified atom stereocenters. The van der Waals surface area contributed by atoms with Gasteiger partial charge in [0.05, 0.1) is 6.26 Å². The van der Waals surface area contributed by atoms with E-state index in [2.05, 4.69) is 0 Å². The second-order valence-electron chi connectivity index (χ2n) is 3.83. The molecule has 18 heavy (non-hydrogen) atoms. The predicted molar refractivity (Wildman–Crippen MR) is 51.7 cm³/mol. The van der Waals surface area contributed by atoms with Gasteiger partial charge in [-0.05, 0) is 10.9 Å². The van der Waals surface area contributed by atoms with Crippen molar-refractivity contribution >= 4 is 10.9 Å². The van der Waals surface area contributed by atoms with Gasteiger partial charge in [-0.2, -0.15) is 0 Å². The van der Waals surface area contributed by atoms with E-state index < -0.39 is 28.6 Å². The molecule has 0 aromatic heterocycles. The molecule has 0 spiro atoms. The summed E-state index contributed by atoms with van der Waals surface area (Å²) < 4.78 is 34.0. The molecule has 8 nitrogen and oxygen atoms in total. The van der Waals surface area contributed by atoms with Gasteiger partial charge in [0.15, 0.2) is 0 Å². The van der Waals surface area contributed by atoms with Crippen molar-refractivity contribution < 1.29 is 49.3 Å². The fourth-order valence-electron chi connectivity index (χ4n) is 1.68. The lowest BCUT2D eigenvalue weighted by Crippen LogP contribution is -2.68. The van der Waals surface area contributed by atoms with E-state index in [0.717, 1.165) is 0 Å². The smallest absolute Gasteiger partial charge is 0.148 e. The Kier molecular flexibility index (Phi) is 7.94. The van der Waals surface area contributed by atoms with Crippen molar-refractivity contribution in [2.45, 2.75) is 30.0 Å². The highest BCUT2D eigenvalue weighted by atomic mass is 35.7. The van der Waals surface area contributed by atoms with E-state index in [1.165, 1.54) is 0 Å². The molecule has 1 fully saturated rings. The van der Waals surface area contributed by atoms with Gasteiger partial charge in [0.25, 0.3) is 0 Å². The normalized spacial score (nSPS) is 36.8. The average Bonchev–Trinajstić information content (AvgIpc) is 2.19. The highest BCUT2D eigenvalue weighted by molar-refractivity contribution is 7.96. The van der Waals surface area contributed by atoms with Gasteiger partial charge in [-0.1, -0.05) is 0 Å². The van der Waals surface area contributed by atoms with Crippen LogP contribution < -0.4 is 18.6 Å². The lowest BCUT2D eigenvalue weighted by atomic mass is 10.0. The van der Waals surface area contributed by atoms with E-state index in [1.54, 1.807) is 0 Å². The van der Waals surface area contributed by atoms with Gasteiger partial charge in [0.1, 0.15) is 29.3 Å². The van der Waals surface area contributed by atoms with Crippen LogP contribution in [0.25, 0.3) is 0 Å². The molecule has 0 aromatic carbocycles. The topological polar surface area (TPSA) is 173 Å². The van der Waals surface area contributed by atoms with Crippen molar-refractivity contribution in [2.75, 3.05) is 18.6 Å². The molecule has 1 heterocycles. The van der Waals surface area contributed by atoms with Crippen LogP contribution in [-0.4, -0.2) is 62.6 Å². The van der Waals surface area contributed by atoms with Crippen molar-refractivity contribution in [2.24, 2.45) is 0 Å². The van der Waals surface area contributed by atoms with Gasteiger partial charge in [-0.3, -0.25) is 0 Å². The molecule has 1 aliphatic rings. The second-order valence-corrected chi connectivity index (χ2v) is 6.91. The fourth-order valence-corrected chi connectivity index (χ4v) is 3.80. The number of hydrogen-bond donors (Lipinski definition) is 4. The van der Waals surface area contributed by atoms with Crippen LogP contribution in [0, 0.1) is 10.2 Å². The van der Waals surface area contributed by atoms with Gasteiger partial charge in [0, 0.05) is 13.0 Å².